The highest BCUT2D eigenvalue weighted by Crippen LogP contribution is 2.39. The van der Waals surface area contributed by atoms with E-state index in [4.69, 9.17) is 23.2 Å². The second-order valence-electron chi connectivity index (χ2n) is 4.13. The highest BCUT2D eigenvalue weighted by molar-refractivity contribution is 9.10. The van der Waals surface area contributed by atoms with E-state index < -0.39 is 0 Å². The molecule has 0 nitrogen and oxygen atoms in total. The number of rotatable bonds is 2. The molecule has 0 saturated carbocycles. The van der Waals surface area contributed by atoms with Crippen LogP contribution in [0.25, 0.3) is 0 Å². The number of halogens is 5. The highest BCUT2D eigenvalue weighted by Gasteiger charge is 2.19. The van der Waals surface area contributed by atoms with E-state index >= 15 is 0 Å². The zero-order valence-corrected chi connectivity index (χ0v) is 14.5. The van der Waals surface area contributed by atoms with Crippen molar-refractivity contribution < 1.29 is 4.39 Å². The molecule has 1 atom stereocenters. The van der Waals surface area contributed by atoms with Crippen LogP contribution < -0.4 is 0 Å². The molecule has 0 aromatic heterocycles. The summed E-state index contributed by atoms with van der Waals surface area (Å²) >= 11 is 19.0. The van der Waals surface area contributed by atoms with E-state index in [-0.39, 0.29) is 10.6 Å². The van der Waals surface area contributed by atoms with Gasteiger partial charge in [-0.3, -0.25) is 0 Å². The normalized spacial score (nSPS) is 12.5. The van der Waals surface area contributed by atoms with Crippen molar-refractivity contribution in [3.8, 4) is 0 Å². The molecule has 0 aliphatic carbocycles. The number of aryl methyl sites for hydroxylation is 1. The molecular weight excluding hydrogens is 418 g/mol. The Balaban J connectivity index is 2.53. The van der Waals surface area contributed by atoms with Gasteiger partial charge in [-0.15, -0.1) is 0 Å². The van der Waals surface area contributed by atoms with Crippen molar-refractivity contribution in [1.29, 1.82) is 0 Å². The summed E-state index contributed by atoms with van der Waals surface area (Å²) in [5.41, 5.74) is 2.23. The van der Waals surface area contributed by atoms with Crippen molar-refractivity contribution in [2.45, 2.75) is 11.8 Å². The van der Waals surface area contributed by atoms with Crippen molar-refractivity contribution >= 4 is 55.1 Å². The number of benzene rings is 2. The van der Waals surface area contributed by atoms with Crippen molar-refractivity contribution in [3.63, 3.8) is 0 Å². The first-order valence-corrected chi connectivity index (χ1v) is 7.91. The average molecular weight is 427 g/mol. The summed E-state index contributed by atoms with van der Waals surface area (Å²) in [5.74, 6) is -0.337. The van der Waals surface area contributed by atoms with E-state index in [1.54, 1.807) is 6.07 Å². The smallest absolute Gasteiger partial charge is 0.129 e. The summed E-state index contributed by atoms with van der Waals surface area (Å²) in [6.07, 6.45) is 0. The van der Waals surface area contributed by atoms with E-state index in [9.17, 15) is 4.39 Å². The van der Waals surface area contributed by atoms with Gasteiger partial charge in [0.15, 0.2) is 0 Å². The molecule has 0 aliphatic rings. The zero-order chi connectivity index (χ0) is 14.2. The third kappa shape index (κ3) is 3.15. The summed E-state index contributed by atoms with van der Waals surface area (Å²) in [7, 11) is 0. The third-order valence-electron chi connectivity index (χ3n) is 2.81. The SMILES string of the molecule is Cc1cccc(C(Br)c2cc(Cl)c(Br)cc2F)c1Cl. The van der Waals surface area contributed by atoms with Crippen molar-refractivity contribution in [2.75, 3.05) is 0 Å². The summed E-state index contributed by atoms with van der Waals surface area (Å²) in [4.78, 5) is -0.342. The molecule has 5 heteroatoms. The van der Waals surface area contributed by atoms with E-state index in [0.29, 0.717) is 20.1 Å². The quantitative estimate of drug-likeness (QED) is 0.370. The molecule has 1 unspecified atom stereocenters. The molecule has 19 heavy (non-hydrogen) atoms. The standard InChI is InChI=1S/C14H9Br2Cl2F/c1-7-3-2-4-8(14(7)18)13(16)9-5-11(17)10(15)6-12(9)19/h2-6,13H,1H3. The van der Waals surface area contributed by atoms with Crippen molar-refractivity contribution in [1.82, 2.24) is 0 Å². The van der Waals surface area contributed by atoms with Crippen LogP contribution in [0.15, 0.2) is 34.8 Å². The second-order valence-corrected chi connectivity index (χ2v) is 6.68. The zero-order valence-electron chi connectivity index (χ0n) is 9.85. The maximum atomic E-state index is 14.0. The van der Waals surface area contributed by atoms with Gasteiger partial charge in [-0.05, 0) is 46.1 Å². The minimum Gasteiger partial charge on any atom is -0.207 e. The molecule has 0 radical (unpaired) electrons. The minimum absolute atomic E-state index is 0.337. The first-order valence-electron chi connectivity index (χ1n) is 5.45. The molecule has 2 aromatic carbocycles. The van der Waals surface area contributed by atoms with Crippen LogP contribution in [0.1, 0.15) is 21.5 Å². The van der Waals surface area contributed by atoms with Gasteiger partial charge in [0.25, 0.3) is 0 Å². The van der Waals surface area contributed by atoms with Crippen LogP contribution in [0, 0.1) is 12.7 Å². The molecule has 100 valence electrons. The Labute approximate surface area is 138 Å². The second kappa shape index (κ2) is 6.13. The Kier molecular flexibility index (Phi) is 4.93. The predicted octanol–water partition coefficient (Wildman–Crippen LogP) is 6.69. The van der Waals surface area contributed by atoms with E-state index in [1.807, 2.05) is 25.1 Å². The lowest BCUT2D eigenvalue weighted by Gasteiger charge is -2.15. The van der Waals surface area contributed by atoms with Crippen LogP contribution in [0.3, 0.4) is 0 Å². The fraction of sp³-hybridized carbons (Fsp3) is 0.143. The topological polar surface area (TPSA) is 0 Å². The third-order valence-corrected chi connectivity index (χ3v) is 5.51. The average Bonchev–Trinajstić information content (AvgIpc) is 2.36. The van der Waals surface area contributed by atoms with Gasteiger partial charge in [-0.1, -0.05) is 57.3 Å². The van der Waals surface area contributed by atoms with Gasteiger partial charge in [0.05, 0.1) is 9.85 Å². The Hall–Kier alpha value is -0.0900. The number of alkyl halides is 1. The molecular formula is C14H9Br2Cl2F. The minimum atomic E-state index is -0.342. The van der Waals surface area contributed by atoms with E-state index in [1.165, 1.54) is 6.07 Å². The fourth-order valence-corrected chi connectivity index (χ4v) is 3.35. The summed E-state index contributed by atoms with van der Waals surface area (Å²) in [6.45, 7) is 1.91. The predicted molar refractivity (Wildman–Crippen MR) is 86.1 cm³/mol. The Morgan fingerprint density at radius 3 is 2.53 bits per heavy atom. The lowest BCUT2D eigenvalue weighted by Crippen LogP contribution is -1.99. The molecule has 2 aromatic rings. The monoisotopic (exact) mass is 424 g/mol. The van der Waals surface area contributed by atoms with Crippen LogP contribution in [-0.2, 0) is 0 Å². The highest BCUT2D eigenvalue weighted by atomic mass is 79.9. The van der Waals surface area contributed by atoms with Crippen LogP contribution in [0.5, 0.6) is 0 Å². The Morgan fingerprint density at radius 1 is 1.16 bits per heavy atom. The summed E-state index contributed by atoms with van der Waals surface area (Å²) < 4.78 is 14.6. The Morgan fingerprint density at radius 2 is 1.84 bits per heavy atom. The van der Waals surface area contributed by atoms with Gasteiger partial charge < -0.3 is 0 Å². The van der Waals surface area contributed by atoms with E-state index in [0.717, 1.165) is 11.1 Å². The molecule has 0 fully saturated rings. The van der Waals surface area contributed by atoms with Gasteiger partial charge in [0.2, 0.25) is 0 Å². The Bertz CT molecular complexity index is 629. The molecule has 0 bridgehead atoms. The first-order chi connectivity index (χ1) is 8.91. The molecule has 0 aliphatic heterocycles. The lowest BCUT2D eigenvalue weighted by molar-refractivity contribution is 0.612. The molecule has 2 rings (SSSR count). The van der Waals surface area contributed by atoms with Gasteiger partial charge in [0, 0.05) is 15.1 Å². The molecule has 0 heterocycles. The first kappa shape index (κ1) is 15.3. The number of hydrogen-bond donors (Lipinski definition) is 0. The molecule has 0 saturated heterocycles. The largest absolute Gasteiger partial charge is 0.207 e. The summed E-state index contributed by atoms with van der Waals surface area (Å²) in [5, 5.41) is 1.09. The number of hydrogen-bond acceptors (Lipinski definition) is 0. The van der Waals surface area contributed by atoms with E-state index in [2.05, 4.69) is 31.9 Å². The maximum Gasteiger partial charge on any atom is 0.129 e. The summed E-state index contributed by atoms with van der Waals surface area (Å²) in [6, 6.07) is 8.62. The van der Waals surface area contributed by atoms with Crippen LogP contribution in [0.4, 0.5) is 4.39 Å². The molecule has 0 amide bonds. The molecule has 0 N–H and O–H groups in total. The lowest BCUT2D eigenvalue weighted by atomic mass is 10.0. The van der Waals surface area contributed by atoms with Gasteiger partial charge in [-0.2, -0.15) is 0 Å². The maximum absolute atomic E-state index is 14.0. The van der Waals surface area contributed by atoms with Gasteiger partial charge in [-0.25, -0.2) is 4.39 Å². The van der Waals surface area contributed by atoms with Crippen molar-refractivity contribution in [2.24, 2.45) is 0 Å². The van der Waals surface area contributed by atoms with Crippen molar-refractivity contribution in [3.05, 3.63) is 67.4 Å². The van der Waals surface area contributed by atoms with Gasteiger partial charge in [0.1, 0.15) is 5.82 Å². The van der Waals surface area contributed by atoms with Crippen LogP contribution >= 0.6 is 55.1 Å². The molecule has 0 spiro atoms. The van der Waals surface area contributed by atoms with Gasteiger partial charge >= 0.3 is 0 Å². The fourth-order valence-electron chi connectivity index (χ4n) is 1.77. The van der Waals surface area contributed by atoms with Crippen LogP contribution in [-0.4, -0.2) is 0 Å². The van der Waals surface area contributed by atoms with Crippen LogP contribution in [0.2, 0.25) is 10.0 Å².